The molecule has 112 valence electrons. The lowest BCUT2D eigenvalue weighted by Gasteiger charge is -2.05. The van der Waals surface area contributed by atoms with Crippen LogP contribution in [0.1, 0.15) is 83.5 Å². The molecular weight excluding hydrogens is 236 g/mol. The summed E-state index contributed by atoms with van der Waals surface area (Å²) in [5.41, 5.74) is 0. The number of aliphatic hydroxyl groups is 1. The van der Waals surface area contributed by atoms with E-state index < -0.39 is 0 Å². The molecule has 0 saturated heterocycles. The Hall–Kier alpha value is -0.630. The highest BCUT2D eigenvalue weighted by Crippen LogP contribution is 2.12. The van der Waals surface area contributed by atoms with Gasteiger partial charge in [-0.15, -0.1) is 6.58 Å². The van der Waals surface area contributed by atoms with Gasteiger partial charge in [-0.2, -0.15) is 0 Å². The Morgan fingerprint density at radius 1 is 0.789 bits per heavy atom. The summed E-state index contributed by atoms with van der Waals surface area (Å²) >= 11 is 0. The van der Waals surface area contributed by atoms with Crippen molar-refractivity contribution in [2.75, 3.05) is 0 Å². The van der Waals surface area contributed by atoms with Crippen LogP contribution in [0.4, 0.5) is 0 Å². The molecule has 1 atom stereocenters. The zero-order valence-electron chi connectivity index (χ0n) is 12.5. The molecular formula is C17H32O2. The van der Waals surface area contributed by atoms with Gasteiger partial charge in [0.2, 0.25) is 0 Å². The maximum atomic E-state index is 10.1. The lowest BCUT2D eigenvalue weighted by Crippen LogP contribution is -2.00. The van der Waals surface area contributed by atoms with Gasteiger partial charge in [0.05, 0.1) is 6.10 Å². The van der Waals surface area contributed by atoms with Gasteiger partial charge < -0.3 is 9.90 Å². The quantitative estimate of drug-likeness (QED) is 0.263. The van der Waals surface area contributed by atoms with Gasteiger partial charge in [-0.25, -0.2) is 0 Å². The molecule has 0 bridgehead atoms. The number of hydrogen-bond donors (Lipinski definition) is 1. The van der Waals surface area contributed by atoms with Crippen LogP contribution in [0.5, 0.6) is 0 Å². The van der Waals surface area contributed by atoms with Gasteiger partial charge in [-0.1, -0.05) is 70.3 Å². The molecule has 0 radical (unpaired) electrons. The SMILES string of the molecule is C=CC(O)CCCCCCCCCCCCCC=O. The van der Waals surface area contributed by atoms with E-state index in [2.05, 4.69) is 6.58 Å². The average molecular weight is 268 g/mol. The van der Waals surface area contributed by atoms with Crippen LogP contribution in [0.3, 0.4) is 0 Å². The summed E-state index contributed by atoms with van der Waals surface area (Å²) in [7, 11) is 0. The monoisotopic (exact) mass is 268 g/mol. The fourth-order valence-corrected chi connectivity index (χ4v) is 2.29. The maximum Gasteiger partial charge on any atom is 0.119 e. The van der Waals surface area contributed by atoms with E-state index >= 15 is 0 Å². The fourth-order valence-electron chi connectivity index (χ4n) is 2.29. The van der Waals surface area contributed by atoms with E-state index in [4.69, 9.17) is 0 Å². The molecule has 0 saturated carbocycles. The first kappa shape index (κ1) is 18.4. The molecule has 0 aliphatic carbocycles. The highest BCUT2D eigenvalue weighted by atomic mass is 16.3. The van der Waals surface area contributed by atoms with E-state index in [9.17, 15) is 9.90 Å². The summed E-state index contributed by atoms with van der Waals surface area (Å²) in [4.78, 5) is 10.1. The van der Waals surface area contributed by atoms with Gasteiger partial charge >= 0.3 is 0 Å². The second-order valence-corrected chi connectivity index (χ2v) is 5.44. The number of rotatable bonds is 15. The van der Waals surface area contributed by atoms with Crippen molar-refractivity contribution in [1.29, 1.82) is 0 Å². The van der Waals surface area contributed by atoms with Gasteiger partial charge in [0, 0.05) is 6.42 Å². The molecule has 1 unspecified atom stereocenters. The first-order valence-corrected chi connectivity index (χ1v) is 8.05. The third-order valence-corrected chi connectivity index (χ3v) is 3.59. The van der Waals surface area contributed by atoms with Gasteiger partial charge in [0.15, 0.2) is 0 Å². The lowest BCUT2D eigenvalue weighted by atomic mass is 10.0. The minimum absolute atomic E-state index is 0.306. The first-order valence-electron chi connectivity index (χ1n) is 8.05. The minimum Gasteiger partial charge on any atom is -0.389 e. The molecule has 0 fully saturated rings. The molecule has 0 aliphatic rings. The second kappa shape index (κ2) is 15.4. The number of hydrogen-bond acceptors (Lipinski definition) is 2. The fraction of sp³-hybridized carbons (Fsp3) is 0.824. The van der Waals surface area contributed by atoms with E-state index in [0.29, 0.717) is 0 Å². The Morgan fingerprint density at radius 2 is 1.21 bits per heavy atom. The van der Waals surface area contributed by atoms with Crippen LogP contribution in [0, 0.1) is 0 Å². The van der Waals surface area contributed by atoms with Crippen LogP contribution in [0.25, 0.3) is 0 Å². The topological polar surface area (TPSA) is 37.3 Å². The van der Waals surface area contributed by atoms with Crippen LogP contribution in [0.15, 0.2) is 12.7 Å². The third kappa shape index (κ3) is 15.3. The largest absolute Gasteiger partial charge is 0.389 e. The molecule has 0 heterocycles. The molecule has 0 aromatic rings. The molecule has 0 spiro atoms. The van der Waals surface area contributed by atoms with Gasteiger partial charge in [-0.05, 0) is 12.8 Å². The molecule has 2 nitrogen and oxygen atoms in total. The number of aliphatic hydroxyl groups excluding tert-OH is 1. The summed E-state index contributed by atoms with van der Waals surface area (Å²) in [5, 5.41) is 9.30. The van der Waals surface area contributed by atoms with Crippen molar-refractivity contribution in [2.24, 2.45) is 0 Å². The normalized spacial score (nSPS) is 12.3. The van der Waals surface area contributed by atoms with Gasteiger partial charge in [0.1, 0.15) is 6.29 Å². The van der Waals surface area contributed by atoms with Crippen molar-refractivity contribution in [2.45, 2.75) is 89.6 Å². The number of carbonyl (C=O) groups excluding carboxylic acids is 1. The molecule has 0 rings (SSSR count). The van der Waals surface area contributed by atoms with Crippen LogP contribution < -0.4 is 0 Å². The van der Waals surface area contributed by atoms with E-state index in [1.165, 1.54) is 57.8 Å². The zero-order chi connectivity index (χ0) is 14.2. The molecule has 0 aliphatic heterocycles. The van der Waals surface area contributed by atoms with E-state index in [0.717, 1.165) is 32.0 Å². The van der Waals surface area contributed by atoms with Crippen LogP contribution in [-0.4, -0.2) is 17.5 Å². The van der Waals surface area contributed by atoms with Crippen molar-refractivity contribution in [3.8, 4) is 0 Å². The molecule has 19 heavy (non-hydrogen) atoms. The summed E-state index contributed by atoms with van der Waals surface area (Å²) in [5.74, 6) is 0. The van der Waals surface area contributed by atoms with E-state index in [1.807, 2.05) is 0 Å². The Labute approximate surface area is 119 Å². The summed E-state index contributed by atoms with van der Waals surface area (Å²) in [6, 6.07) is 0. The average Bonchev–Trinajstić information content (AvgIpc) is 2.43. The number of aldehydes is 1. The molecule has 0 aromatic carbocycles. The highest BCUT2D eigenvalue weighted by molar-refractivity contribution is 5.48. The van der Waals surface area contributed by atoms with Crippen molar-refractivity contribution >= 4 is 6.29 Å². The van der Waals surface area contributed by atoms with Crippen molar-refractivity contribution in [3.05, 3.63) is 12.7 Å². The van der Waals surface area contributed by atoms with Crippen molar-refractivity contribution in [3.63, 3.8) is 0 Å². The van der Waals surface area contributed by atoms with Crippen LogP contribution in [0.2, 0.25) is 0 Å². The first-order chi connectivity index (χ1) is 9.31. The third-order valence-electron chi connectivity index (χ3n) is 3.59. The number of unbranched alkanes of at least 4 members (excludes halogenated alkanes) is 11. The van der Waals surface area contributed by atoms with Gasteiger partial charge in [-0.3, -0.25) is 0 Å². The lowest BCUT2D eigenvalue weighted by molar-refractivity contribution is -0.107. The molecule has 2 heteroatoms. The predicted molar refractivity (Wildman–Crippen MR) is 82.3 cm³/mol. The Kier molecular flexibility index (Phi) is 14.9. The van der Waals surface area contributed by atoms with Gasteiger partial charge in [0.25, 0.3) is 0 Å². The molecule has 0 amide bonds. The zero-order valence-corrected chi connectivity index (χ0v) is 12.5. The number of carbonyl (C=O) groups is 1. The second-order valence-electron chi connectivity index (χ2n) is 5.44. The van der Waals surface area contributed by atoms with Crippen molar-refractivity contribution in [1.82, 2.24) is 0 Å². The van der Waals surface area contributed by atoms with E-state index in [1.54, 1.807) is 6.08 Å². The summed E-state index contributed by atoms with van der Waals surface area (Å²) < 4.78 is 0. The highest BCUT2D eigenvalue weighted by Gasteiger charge is 1.97. The molecule has 1 N–H and O–H groups in total. The Morgan fingerprint density at radius 3 is 1.63 bits per heavy atom. The Bertz CT molecular complexity index is 201. The minimum atomic E-state index is -0.306. The summed E-state index contributed by atoms with van der Waals surface area (Å²) in [6.07, 6.45) is 17.8. The van der Waals surface area contributed by atoms with Crippen molar-refractivity contribution < 1.29 is 9.90 Å². The standard InChI is InChI=1S/C17H32O2/c1-2-17(19)15-13-11-9-7-5-3-4-6-8-10-12-14-16-18/h2,16-17,19H,1,3-15H2. The predicted octanol–water partition coefficient (Wildman–Crippen LogP) is 4.80. The Balaban J connectivity index is 2.99. The maximum absolute atomic E-state index is 10.1. The summed E-state index contributed by atoms with van der Waals surface area (Å²) in [6.45, 7) is 3.57. The smallest absolute Gasteiger partial charge is 0.119 e. The van der Waals surface area contributed by atoms with Crippen LogP contribution in [-0.2, 0) is 4.79 Å². The van der Waals surface area contributed by atoms with Crippen LogP contribution >= 0.6 is 0 Å². The van der Waals surface area contributed by atoms with E-state index in [-0.39, 0.29) is 6.10 Å². The molecule has 0 aromatic heterocycles.